The maximum Gasteiger partial charge on any atom is 0.323 e. The van der Waals surface area contributed by atoms with Crippen LogP contribution >= 0.6 is 7.36 Å². The highest BCUT2D eigenvalue weighted by molar-refractivity contribution is 7.61. The maximum absolute atomic E-state index is 12.1. The molecule has 0 aliphatic heterocycles. The summed E-state index contributed by atoms with van der Waals surface area (Å²) >= 11 is 0. The number of hydrogen-bond donors (Lipinski definition) is 2. The fourth-order valence-corrected chi connectivity index (χ4v) is 3.47. The van der Waals surface area contributed by atoms with Gasteiger partial charge < -0.3 is 9.47 Å². The minimum atomic E-state index is -1.94. The monoisotopic (exact) mass is 307 g/mol. The first-order valence-electron chi connectivity index (χ1n) is 7.10. The molecular weight excluding hydrogens is 277 g/mol. The summed E-state index contributed by atoms with van der Waals surface area (Å²) in [7, 11) is 1.49. The molecule has 6 nitrogen and oxygen atoms in total. The van der Waals surface area contributed by atoms with Crippen LogP contribution in [-0.2, 0) is 14.3 Å². The Morgan fingerprint density at radius 3 is 2.50 bits per heavy atom. The summed E-state index contributed by atoms with van der Waals surface area (Å²) in [6.45, 7) is 9.64. The standard InChI is InChI=1S/C13H30N3O3P/c1-7-11(3)12(13(17)19-8-2)16-20(6,14-4)15-9-10-18-5/h11-12,15-16H,7-10H2,1-6H3. The van der Waals surface area contributed by atoms with E-state index in [4.69, 9.17) is 9.47 Å². The molecule has 0 saturated heterocycles. The molecule has 0 aromatic heterocycles. The van der Waals surface area contributed by atoms with Gasteiger partial charge in [-0.05, 0) is 19.5 Å². The lowest BCUT2D eigenvalue weighted by Gasteiger charge is -2.30. The third-order valence-corrected chi connectivity index (χ3v) is 5.69. The number of nitrogens with one attached hydrogen (secondary N) is 2. The molecule has 2 N–H and O–H groups in total. The summed E-state index contributed by atoms with van der Waals surface area (Å²) in [5.41, 5.74) is 0. The van der Waals surface area contributed by atoms with Crippen LogP contribution in [0, 0.1) is 5.92 Å². The second-order valence-corrected chi connectivity index (χ2v) is 7.70. The van der Waals surface area contributed by atoms with Crippen LogP contribution in [0.15, 0.2) is 4.74 Å². The van der Waals surface area contributed by atoms with Crippen LogP contribution in [0.5, 0.6) is 0 Å². The molecule has 7 heteroatoms. The summed E-state index contributed by atoms with van der Waals surface area (Å²) in [6.07, 6.45) is 0.901. The number of ether oxygens (including phenoxy) is 2. The number of methoxy groups -OCH3 is 1. The van der Waals surface area contributed by atoms with E-state index in [9.17, 15) is 4.79 Å². The highest BCUT2D eigenvalue weighted by Crippen LogP contribution is 2.36. The zero-order valence-electron chi connectivity index (χ0n) is 13.6. The molecule has 0 aromatic carbocycles. The Hall–Kier alpha value is -0.420. The smallest absolute Gasteiger partial charge is 0.323 e. The minimum absolute atomic E-state index is 0.194. The Labute approximate surface area is 123 Å². The highest BCUT2D eigenvalue weighted by atomic mass is 31.2. The Balaban J connectivity index is 4.87. The fraction of sp³-hybridized carbons (Fsp3) is 0.923. The summed E-state index contributed by atoms with van der Waals surface area (Å²) in [5, 5.41) is 6.73. The number of hydrogen-bond acceptors (Lipinski definition) is 4. The summed E-state index contributed by atoms with van der Waals surface area (Å²) in [4.78, 5) is 12.1. The number of carbonyl (C=O) groups excluding carboxylic acids is 1. The average Bonchev–Trinajstić information content (AvgIpc) is 2.44. The maximum atomic E-state index is 12.1. The molecule has 0 aliphatic rings. The quantitative estimate of drug-likeness (QED) is 0.367. The van der Waals surface area contributed by atoms with Crippen molar-refractivity contribution in [3.8, 4) is 0 Å². The minimum Gasteiger partial charge on any atom is -0.465 e. The SMILES string of the molecule is CCOC(=O)C(NP(C)(=NC)NCCOC)C(C)CC. The van der Waals surface area contributed by atoms with Crippen molar-refractivity contribution in [1.82, 2.24) is 10.2 Å². The molecule has 0 fully saturated rings. The summed E-state index contributed by atoms with van der Waals surface area (Å²) in [5.74, 6) is -0.00961. The first kappa shape index (κ1) is 19.6. The van der Waals surface area contributed by atoms with E-state index in [-0.39, 0.29) is 17.9 Å². The molecule has 0 rings (SSSR count). The van der Waals surface area contributed by atoms with E-state index in [0.29, 0.717) is 19.8 Å². The van der Waals surface area contributed by atoms with Crippen LogP contribution in [0.3, 0.4) is 0 Å². The molecule has 120 valence electrons. The lowest BCUT2D eigenvalue weighted by molar-refractivity contribution is -0.146. The first-order valence-corrected chi connectivity index (χ1v) is 9.29. The molecule has 0 spiro atoms. The highest BCUT2D eigenvalue weighted by Gasteiger charge is 2.29. The van der Waals surface area contributed by atoms with Gasteiger partial charge in [0.1, 0.15) is 6.04 Å². The van der Waals surface area contributed by atoms with Gasteiger partial charge in [0.05, 0.1) is 20.6 Å². The topological polar surface area (TPSA) is 72.0 Å². The van der Waals surface area contributed by atoms with Crippen molar-refractivity contribution in [3.05, 3.63) is 0 Å². The van der Waals surface area contributed by atoms with Crippen LogP contribution in [-0.4, -0.2) is 52.6 Å². The number of carbonyl (C=O) groups is 1. The molecule has 0 radical (unpaired) electrons. The second kappa shape index (κ2) is 10.3. The molecular formula is C13H30N3O3P. The molecule has 0 aromatic rings. The van der Waals surface area contributed by atoms with E-state index in [2.05, 4.69) is 21.8 Å². The molecule has 0 heterocycles. The van der Waals surface area contributed by atoms with Gasteiger partial charge in [-0.15, -0.1) is 0 Å². The predicted molar refractivity (Wildman–Crippen MR) is 84.1 cm³/mol. The molecule has 20 heavy (non-hydrogen) atoms. The first-order chi connectivity index (χ1) is 9.44. The summed E-state index contributed by atoms with van der Waals surface area (Å²) in [6, 6.07) is -0.336. The van der Waals surface area contributed by atoms with Gasteiger partial charge in [0, 0.05) is 20.7 Å². The van der Waals surface area contributed by atoms with Crippen LogP contribution in [0.4, 0.5) is 0 Å². The van der Waals surface area contributed by atoms with Gasteiger partial charge in [0.2, 0.25) is 0 Å². The van der Waals surface area contributed by atoms with Crippen molar-refractivity contribution in [2.24, 2.45) is 10.7 Å². The zero-order valence-corrected chi connectivity index (χ0v) is 14.5. The van der Waals surface area contributed by atoms with E-state index >= 15 is 0 Å². The summed E-state index contributed by atoms with van der Waals surface area (Å²) < 4.78 is 14.6. The van der Waals surface area contributed by atoms with Crippen molar-refractivity contribution in [2.45, 2.75) is 33.2 Å². The van der Waals surface area contributed by atoms with E-state index in [1.165, 1.54) is 0 Å². The van der Waals surface area contributed by atoms with E-state index in [0.717, 1.165) is 6.42 Å². The number of rotatable bonds is 10. The van der Waals surface area contributed by atoms with E-state index < -0.39 is 7.36 Å². The Kier molecular flexibility index (Phi) is 10.1. The third kappa shape index (κ3) is 6.84. The molecule has 0 saturated carbocycles. The van der Waals surface area contributed by atoms with Gasteiger partial charge in [0.15, 0.2) is 0 Å². The van der Waals surface area contributed by atoms with Crippen molar-refractivity contribution in [3.63, 3.8) is 0 Å². The van der Waals surface area contributed by atoms with Crippen molar-refractivity contribution in [1.29, 1.82) is 0 Å². The number of esters is 1. The predicted octanol–water partition coefficient (Wildman–Crippen LogP) is 2.08. The van der Waals surface area contributed by atoms with Crippen molar-refractivity contribution in [2.75, 3.05) is 40.6 Å². The van der Waals surface area contributed by atoms with E-state index in [1.54, 1.807) is 14.2 Å². The Morgan fingerprint density at radius 2 is 2.05 bits per heavy atom. The lowest BCUT2D eigenvalue weighted by atomic mass is 10.0. The van der Waals surface area contributed by atoms with Gasteiger partial charge in [-0.2, -0.15) is 0 Å². The van der Waals surface area contributed by atoms with Gasteiger partial charge in [0.25, 0.3) is 0 Å². The molecule has 0 bridgehead atoms. The molecule has 0 amide bonds. The zero-order chi connectivity index (χ0) is 15.6. The normalized spacial score (nSPS) is 17.1. The van der Waals surface area contributed by atoms with Crippen molar-refractivity contribution < 1.29 is 14.3 Å². The van der Waals surface area contributed by atoms with Gasteiger partial charge in [-0.3, -0.25) is 19.7 Å². The Bertz CT molecular complexity index is 337. The van der Waals surface area contributed by atoms with Crippen LogP contribution in [0.1, 0.15) is 27.2 Å². The van der Waals surface area contributed by atoms with Gasteiger partial charge in [-0.25, -0.2) is 0 Å². The lowest BCUT2D eigenvalue weighted by Crippen LogP contribution is -2.43. The van der Waals surface area contributed by atoms with Crippen LogP contribution in [0.2, 0.25) is 0 Å². The largest absolute Gasteiger partial charge is 0.465 e. The average molecular weight is 307 g/mol. The molecule has 3 atom stereocenters. The number of nitrogens with zero attached hydrogens (tertiary/aromatic N) is 1. The molecule has 0 aliphatic carbocycles. The van der Waals surface area contributed by atoms with Gasteiger partial charge in [-0.1, -0.05) is 20.3 Å². The third-order valence-electron chi connectivity index (χ3n) is 3.27. The van der Waals surface area contributed by atoms with E-state index in [1.807, 2.05) is 20.5 Å². The van der Waals surface area contributed by atoms with Crippen molar-refractivity contribution >= 4 is 13.3 Å². The second-order valence-electron chi connectivity index (χ2n) is 4.80. The van der Waals surface area contributed by atoms with Crippen LogP contribution < -0.4 is 10.2 Å². The fourth-order valence-electron chi connectivity index (χ4n) is 1.69. The Morgan fingerprint density at radius 1 is 1.40 bits per heavy atom. The van der Waals surface area contributed by atoms with Gasteiger partial charge >= 0.3 is 5.97 Å². The van der Waals surface area contributed by atoms with Crippen LogP contribution in [0.25, 0.3) is 0 Å². The molecule has 3 unspecified atom stereocenters.